The smallest absolute Gasteiger partial charge is 0.265 e. The first kappa shape index (κ1) is 13.3. The predicted molar refractivity (Wildman–Crippen MR) is 75.0 cm³/mol. The number of nitrogens with one attached hydrogen (secondary N) is 1. The summed E-state index contributed by atoms with van der Waals surface area (Å²) in [5.74, 6) is -0.822. The summed E-state index contributed by atoms with van der Waals surface area (Å²) in [5.41, 5.74) is 1.27. The van der Waals surface area contributed by atoms with Gasteiger partial charge >= 0.3 is 0 Å². The number of rotatable bonds is 1. The van der Waals surface area contributed by atoms with Gasteiger partial charge in [-0.1, -0.05) is 18.2 Å². The number of nitrogens with zero attached hydrogens (tertiary/aromatic N) is 2. The van der Waals surface area contributed by atoms with Crippen molar-refractivity contribution in [1.82, 2.24) is 4.90 Å². The van der Waals surface area contributed by atoms with Crippen LogP contribution in [0, 0.1) is 11.3 Å². The van der Waals surface area contributed by atoms with Gasteiger partial charge in [-0.2, -0.15) is 5.26 Å². The van der Waals surface area contributed by atoms with E-state index in [1.165, 1.54) is 0 Å². The Morgan fingerprint density at radius 3 is 2.71 bits per heavy atom. The third-order valence-corrected chi connectivity index (χ3v) is 3.55. The lowest BCUT2D eigenvalue weighted by Crippen LogP contribution is -2.41. The van der Waals surface area contributed by atoms with E-state index in [2.05, 4.69) is 5.32 Å². The molecule has 0 aliphatic carbocycles. The second-order valence-corrected chi connectivity index (χ2v) is 4.77. The van der Waals surface area contributed by atoms with Gasteiger partial charge in [0.2, 0.25) is 0 Å². The molecule has 0 bridgehead atoms. The molecule has 0 aromatic heterocycles. The van der Waals surface area contributed by atoms with Crippen LogP contribution in [-0.2, 0) is 14.3 Å². The number of carbonyl (C=O) groups excluding carboxylic acids is 2. The summed E-state index contributed by atoms with van der Waals surface area (Å²) in [6, 6.07) is 8.93. The molecule has 2 heterocycles. The molecule has 0 spiro atoms. The van der Waals surface area contributed by atoms with Crippen molar-refractivity contribution in [2.24, 2.45) is 0 Å². The van der Waals surface area contributed by atoms with E-state index in [4.69, 9.17) is 4.74 Å². The molecule has 0 atom stereocenters. The number of benzene rings is 1. The van der Waals surface area contributed by atoms with Crippen LogP contribution in [-0.4, -0.2) is 43.0 Å². The number of nitriles is 1. The van der Waals surface area contributed by atoms with Gasteiger partial charge in [0.25, 0.3) is 11.8 Å². The quantitative estimate of drug-likeness (QED) is 0.609. The third-order valence-electron chi connectivity index (χ3n) is 3.55. The average molecular weight is 283 g/mol. The summed E-state index contributed by atoms with van der Waals surface area (Å²) in [7, 11) is 0. The number of hydrogen-bond donors (Lipinski definition) is 1. The molecule has 2 aliphatic heterocycles. The maximum atomic E-state index is 12.5. The molecule has 1 fully saturated rings. The first-order valence-electron chi connectivity index (χ1n) is 6.64. The summed E-state index contributed by atoms with van der Waals surface area (Å²) in [6.45, 7) is 1.76. The Kier molecular flexibility index (Phi) is 3.42. The van der Waals surface area contributed by atoms with Crippen molar-refractivity contribution < 1.29 is 14.3 Å². The predicted octanol–water partition coefficient (Wildman–Crippen LogP) is 0.775. The molecule has 3 rings (SSSR count). The van der Waals surface area contributed by atoms with E-state index in [0.717, 1.165) is 0 Å². The highest BCUT2D eigenvalue weighted by Crippen LogP contribution is 2.33. The summed E-state index contributed by atoms with van der Waals surface area (Å²) >= 11 is 0. The monoisotopic (exact) mass is 283 g/mol. The Morgan fingerprint density at radius 2 is 2.00 bits per heavy atom. The van der Waals surface area contributed by atoms with Crippen LogP contribution in [0.5, 0.6) is 0 Å². The van der Waals surface area contributed by atoms with Crippen LogP contribution >= 0.6 is 0 Å². The van der Waals surface area contributed by atoms with Gasteiger partial charge in [0.1, 0.15) is 11.6 Å². The molecule has 0 radical (unpaired) electrons. The molecule has 21 heavy (non-hydrogen) atoms. The van der Waals surface area contributed by atoms with Crippen LogP contribution in [0.1, 0.15) is 5.56 Å². The summed E-state index contributed by atoms with van der Waals surface area (Å²) < 4.78 is 5.19. The number of morpholine rings is 1. The standard InChI is InChI=1S/C15H13N3O3/c16-9-11(15(20)18-5-7-21-8-6-18)13-10-3-1-2-4-12(10)17-14(13)19/h1-4H,5-8H2,(H,17,19). The highest BCUT2D eigenvalue weighted by atomic mass is 16.5. The highest BCUT2D eigenvalue weighted by molar-refractivity contribution is 6.36. The van der Waals surface area contributed by atoms with Crippen molar-refractivity contribution in [2.75, 3.05) is 31.6 Å². The molecule has 1 aromatic carbocycles. The number of carbonyl (C=O) groups is 2. The molecule has 106 valence electrons. The Balaban J connectivity index is 2.04. The van der Waals surface area contributed by atoms with Gasteiger partial charge < -0.3 is 15.0 Å². The van der Waals surface area contributed by atoms with Gasteiger partial charge in [0.05, 0.1) is 18.8 Å². The Hall–Kier alpha value is -2.65. The van der Waals surface area contributed by atoms with Gasteiger partial charge in [-0.3, -0.25) is 9.59 Å². The summed E-state index contributed by atoms with van der Waals surface area (Å²) in [5, 5.41) is 12.0. The van der Waals surface area contributed by atoms with E-state index in [1.807, 2.05) is 6.07 Å². The zero-order chi connectivity index (χ0) is 14.8. The molecule has 1 saturated heterocycles. The number of fused-ring (bicyclic) bond motifs is 1. The topological polar surface area (TPSA) is 82.4 Å². The summed E-state index contributed by atoms with van der Waals surface area (Å²) in [6.07, 6.45) is 0. The number of anilines is 1. The molecule has 2 aliphatic rings. The fraction of sp³-hybridized carbons (Fsp3) is 0.267. The lowest BCUT2D eigenvalue weighted by atomic mass is 10.0. The number of para-hydroxylation sites is 1. The Morgan fingerprint density at radius 1 is 1.29 bits per heavy atom. The molecule has 6 nitrogen and oxygen atoms in total. The number of ether oxygens (including phenoxy) is 1. The SMILES string of the molecule is N#CC(C(=O)N1CCOCC1)=C1C(=O)Nc2ccccc21. The van der Waals surface area contributed by atoms with Gasteiger partial charge in [-0.25, -0.2) is 0 Å². The van der Waals surface area contributed by atoms with Crippen LogP contribution < -0.4 is 5.32 Å². The molecule has 6 heteroatoms. The lowest BCUT2D eigenvalue weighted by molar-refractivity contribution is -0.130. The molecule has 0 unspecified atom stereocenters. The average Bonchev–Trinajstić information content (AvgIpc) is 2.85. The highest BCUT2D eigenvalue weighted by Gasteiger charge is 2.32. The molecular formula is C15H13N3O3. The van der Waals surface area contributed by atoms with Crippen molar-refractivity contribution >= 4 is 23.1 Å². The number of amides is 2. The Labute approximate surface area is 121 Å². The van der Waals surface area contributed by atoms with Crippen LogP contribution in [0.15, 0.2) is 29.8 Å². The lowest BCUT2D eigenvalue weighted by Gasteiger charge is -2.26. The minimum absolute atomic E-state index is 0.112. The van der Waals surface area contributed by atoms with Crippen LogP contribution in [0.2, 0.25) is 0 Å². The second kappa shape index (κ2) is 5.38. The van der Waals surface area contributed by atoms with E-state index < -0.39 is 11.8 Å². The van der Waals surface area contributed by atoms with Crippen LogP contribution in [0.3, 0.4) is 0 Å². The molecule has 2 amide bonds. The third kappa shape index (κ3) is 2.28. The Bertz CT molecular complexity index is 682. The van der Waals surface area contributed by atoms with Gasteiger partial charge in [-0.05, 0) is 6.07 Å². The fourth-order valence-corrected chi connectivity index (χ4v) is 2.50. The first-order valence-corrected chi connectivity index (χ1v) is 6.64. The minimum Gasteiger partial charge on any atom is -0.378 e. The maximum Gasteiger partial charge on any atom is 0.265 e. The van der Waals surface area contributed by atoms with Crippen molar-refractivity contribution in [2.45, 2.75) is 0 Å². The fourth-order valence-electron chi connectivity index (χ4n) is 2.50. The van der Waals surface area contributed by atoms with Gasteiger partial charge in [-0.15, -0.1) is 0 Å². The van der Waals surface area contributed by atoms with Gasteiger partial charge in [0.15, 0.2) is 0 Å². The molecule has 1 N–H and O–H groups in total. The molecule has 1 aromatic rings. The zero-order valence-corrected chi connectivity index (χ0v) is 11.3. The van der Waals surface area contributed by atoms with E-state index in [-0.39, 0.29) is 11.1 Å². The largest absolute Gasteiger partial charge is 0.378 e. The van der Waals surface area contributed by atoms with E-state index >= 15 is 0 Å². The van der Waals surface area contributed by atoms with Crippen molar-refractivity contribution in [1.29, 1.82) is 5.26 Å². The van der Waals surface area contributed by atoms with Crippen molar-refractivity contribution in [3.63, 3.8) is 0 Å². The van der Waals surface area contributed by atoms with Gasteiger partial charge in [0, 0.05) is 24.3 Å². The van der Waals surface area contributed by atoms with E-state index in [1.54, 1.807) is 29.2 Å². The zero-order valence-electron chi connectivity index (χ0n) is 11.3. The second-order valence-electron chi connectivity index (χ2n) is 4.77. The van der Waals surface area contributed by atoms with E-state index in [9.17, 15) is 14.9 Å². The van der Waals surface area contributed by atoms with Crippen LogP contribution in [0.25, 0.3) is 5.57 Å². The molecule has 0 saturated carbocycles. The molecular weight excluding hydrogens is 270 g/mol. The summed E-state index contributed by atoms with van der Waals surface area (Å²) in [4.78, 5) is 26.1. The normalized spacial score (nSPS) is 19.6. The maximum absolute atomic E-state index is 12.5. The van der Waals surface area contributed by atoms with Crippen LogP contribution in [0.4, 0.5) is 5.69 Å². The van der Waals surface area contributed by atoms with Crippen molar-refractivity contribution in [3.8, 4) is 6.07 Å². The number of hydrogen-bond acceptors (Lipinski definition) is 4. The van der Waals surface area contributed by atoms with E-state index in [0.29, 0.717) is 37.6 Å². The van der Waals surface area contributed by atoms with Crippen molar-refractivity contribution in [3.05, 3.63) is 35.4 Å². The minimum atomic E-state index is -0.414. The first-order chi connectivity index (χ1) is 10.2.